The van der Waals surface area contributed by atoms with Gasteiger partial charge in [0.05, 0.1) is 5.56 Å². The van der Waals surface area contributed by atoms with Crippen molar-refractivity contribution < 1.29 is 22.8 Å². The molecule has 2 aromatic rings. The van der Waals surface area contributed by atoms with Crippen LogP contribution >= 0.6 is 23.2 Å². The summed E-state index contributed by atoms with van der Waals surface area (Å²) in [5, 5.41) is -1.16. The van der Waals surface area contributed by atoms with Gasteiger partial charge in [0.2, 0.25) is 0 Å². The van der Waals surface area contributed by atoms with Gasteiger partial charge in [-0.2, -0.15) is 13.2 Å². The highest BCUT2D eigenvalue weighted by Crippen LogP contribution is 2.29. The van der Waals surface area contributed by atoms with E-state index in [9.17, 15) is 22.8 Å². The molecule has 0 spiro atoms. The predicted octanol–water partition coefficient (Wildman–Crippen LogP) is 5.71. The number of alkyl halides is 3. The van der Waals surface area contributed by atoms with Gasteiger partial charge >= 0.3 is 6.18 Å². The minimum Gasteiger partial charge on any atom is -0.276 e. The van der Waals surface area contributed by atoms with Gasteiger partial charge in [0.1, 0.15) is 0 Å². The second-order valence-corrected chi connectivity index (χ2v) is 5.36. The molecule has 0 aliphatic heterocycles. The number of hydrogen-bond acceptors (Lipinski definition) is 2. The molecule has 0 amide bonds. The highest BCUT2D eigenvalue weighted by molar-refractivity contribution is 6.68. The first-order chi connectivity index (χ1) is 11.1. The summed E-state index contributed by atoms with van der Waals surface area (Å²) in [4.78, 5) is 21.2. The van der Waals surface area contributed by atoms with Gasteiger partial charge < -0.3 is 0 Å². The third kappa shape index (κ3) is 6.34. The molecule has 0 aliphatic carbocycles. The third-order valence-electron chi connectivity index (χ3n) is 3.00. The zero-order valence-corrected chi connectivity index (χ0v) is 14.0. The Labute approximate surface area is 147 Å². The van der Waals surface area contributed by atoms with Gasteiger partial charge in [-0.3, -0.25) is 9.59 Å². The summed E-state index contributed by atoms with van der Waals surface area (Å²) < 4.78 is 36.0. The molecule has 2 rings (SSSR count). The minimum absolute atomic E-state index is 0.0506. The van der Waals surface area contributed by atoms with Crippen LogP contribution in [0.4, 0.5) is 13.2 Å². The van der Waals surface area contributed by atoms with Crippen molar-refractivity contribution in [2.75, 3.05) is 0 Å². The van der Waals surface area contributed by atoms with Crippen LogP contribution in [-0.4, -0.2) is 10.5 Å². The van der Waals surface area contributed by atoms with Gasteiger partial charge in [-0.25, -0.2) is 0 Å². The van der Waals surface area contributed by atoms with Crippen LogP contribution in [0.1, 0.15) is 38.8 Å². The van der Waals surface area contributed by atoms with Crippen molar-refractivity contribution in [3.8, 4) is 0 Å². The predicted molar refractivity (Wildman–Crippen MR) is 87.6 cm³/mol. The van der Waals surface area contributed by atoms with Crippen molar-refractivity contribution in [2.24, 2.45) is 0 Å². The topological polar surface area (TPSA) is 34.1 Å². The first kappa shape index (κ1) is 20.2. The first-order valence-corrected chi connectivity index (χ1v) is 7.56. The SMILES string of the molecule is CCc1cccc(C(=O)Cl)c1.O=C(Cl)c1ccc(C(F)(F)F)cc1. The normalized spacial score (nSPS) is 10.6. The highest BCUT2D eigenvalue weighted by atomic mass is 35.5. The molecule has 0 fully saturated rings. The first-order valence-electron chi connectivity index (χ1n) is 6.81. The number of benzene rings is 2. The number of carbonyl (C=O) groups is 2. The molecule has 2 aromatic carbocycles. The molecule has 0 heterocycles. The molecule has 0 radical (unpaired) electrons. The zero-order valence-electron chi connectivity index (χ0n) is 12.5. The summed E-state index contributed by atoms with van der Waals surface area (Å²) in [5.41, 5.74) is 0.964. The molecule has 0 atom stereocenters. The van der Waals surface area contributed by atoms with E-state index in [-0.39, 0.29) is 10.8 Å². The van der Waals surface area contributed by atoms with E-state index in [4.69, 9.17) is 23.2 Å². The van der Waals surface area contributed by atoms with Crippen LogP contribution in [0.15, 0.2) is 48.5 Å². The van der Waals surface area contributed by atoms with Crippen molar-refractivity contribution in [3.05, 3.63) is 70.8 Å². The van der Waals surface area contributed by atoms with Crippen molar-refractivity contribution in [1.82, 2.24) is 0 Å². The fourth-order valence-electron chi connectivity index (χ4n) is 1.70. The summed E-state index contributed by atoms with van der Waals surface area (Å²) in [6, 6.07) is 11.1. The van der Waals surface area contributed by atoms with Crippen molar-refractivity contribution in [3.63, 3.8) is 0 Å². The van der Waals surface area contributed by atoms with E-state index >= 15 is 0 Å². The lowest BCUT2D eigenvalue weighted by molar-refractivity contribution is -0.137. The van der Waals surface area contributed by atoms with E-state index < -0.39 is 17.0 Å². The van der Waals surface area contributed by atoms with Gasteiger partial charge in [-0.1, -0.05) is 25.1 Å². The minimum atomic E-state index is -4.38. The van der Waals surface area contributed by atoms with Crippen LogP contribution in [-0.2, 0) is 12.6 Å². The Hall–Kier alpha value is -1.85. The Bertz CT molecular complexity index is 711. The molecule has 0 unspecified atom stereocenters. The number of hydrogen-bond donors (Lipinski definition) is 0. The molecule has 0 aliphatic rings. The summed E-state index contributed by atoms with van der Waals surface area (Å²) in [6.45, 7) is 2.04. The van der Waals surface area contributed by atoms with E-state index in [2.05, 4.69) is 0 Å². The number of aryl methyl sites for hydroxylation is 1. The van der Waals surface area contributed by atoms with Crippen LogP contribution in [0.5, 0.6) is 0 Å². The summed E-state index contributed by atoms with van der Waals surface area (Å²) in [5.74, 6) is 0. The number of rotatable bonds is 3. The molecular weight excluding hydrogens is 364 g/mol. The molecular formula is C17H13Cl2F3O2. The largest absolute Gasteiger partial charge is 0.416 e. The van der Waals surface area contributed by atoms with Crippen LogP contribution in [0.2, 0.25) is 0 Å². The van der Waals surface area contributed by atoms with Gasteiger partial charge in [-0.15, -0.1) is 0 Å². The Morgan fingerprint density at radius 2 is 1.46 bits per heavy atom. The van der Waals surface area contributed by atoms with E-state index in [1.54, 1.807) is 6.07 Å². The van der Waals surface area contributed by atoms with Gasteiger partial charge in [0.15, 0.2) is 0 Å². The Balaban J connectivity index is 0.000000243. The second kappa shape index (κ2) is 8.85. The van der Waals surface area contributed by atoms with Gasteiger partial charge in [0, 0.05) is 11.1 Å². The molecule has 7 heteroatoms. The Morgan fingerprint density at radius 3 is 1.88 bits per heavy atom. The molecule has 2 nitrogen and oxygen atoms in total. The summed E-state index contributed by atoms with van der Waals surface area (Å²) >= 11 is 10.3. The highest BCUT2D eigenvalue weighted by Gasteiger charge is 2.30. The molecule has 0 saturated heterocycles. The maximum Gasteiger partial charge on any atom is 0.416 e. The van der Waals surface area contributed by atoms with Crippen LogP contribution in [0.25, 0.3) is 0 Å². The van der Waals surface area contributed by atoms with E-state index in [0.29, 0.717) is 5.56 Å². The smallest absolute Gasteiger partial charge is 0.276 e. The number of halogens is 5. The van der Waals surface area contributed by atoms with Crippen LogP contribution < -0.4 is 0 Å². The maximum atomic E-state index is 12.0. The lowest BCUT2D eigenvalue weighted by Crippen LogP contribution is -2.04. The summed E-state index contributed by atoms with van der Waals surface area (Å²) in [7, 11) is 0. The Kier molecular flexibility index (Phi) is 7.45. The Morgan fingerprint density at radius 1 is 0.917 bits per heavy atom. The fourth-order valence-corrected chi connectivity index (χ4v) is 1.95. The van der Waals surface area contributed by atoms with Crippen molar-refractivity contribution in [2.45, 2.75) is 19.5 Å². The lowest BCUT2D eigenvalue weighted by Gasteiger charge is -2.05. The zero-order chi connectivity index (χ0) is 18.3. The van der Waals surface area contributed by atoms with Crippen LogP contribution in [0, 0.1) is 0 Å². The number of carbonyl (C=O) groups excluding carboxylic acids is 2. The van der Waals surface area contributed by atoms with Gasteiger partial charge in [-0.05, 0) is 65.5 Å². The molecule has 24 heavy (non-hydrogen) atoms. The van der Waals surface area contributed by atoms with Crippen LogP contribution in [0.3, 0.4) is 0 Å². The molecule has 0 aromatic heterocycles. The fraction of sp³-hybridized carbons (Fsp3) is 0.176. The third-order valence-corrected chi connectivity index (χ3v) is 3.44. The average molecular weight is 377 g/mol. The standard InChI is InChI=1S/C9H9ClO.C8H4ClF3O/c1-2-7-4-3-5-8(6-7)9(10)11;9-7(13)5-1-3-6(4-2-5)8(10,11)12/h3-6H,2H2,1H3;1-4H. The quantitative estimate of drug-likeness (QED) is 0.642. The van der Waals surface area contributed by atoms with Gasteiger partial charge in [0.25, 0.3) is 10.5 Å². The van der Waals surface area contributed by atoms with E-state index in [1.165, 1.54) is 0 Å². The van der Waals surface area contributed by atoms with E-state index in [0.717, 1.165) is 36.2 Å². The molecule has 0 N–H and O–H groups in total. The lowest BCUT2D eigenvalue weighted by atomic mass is 10.1. The maximum absolute atomic E-state index is 12.0. The van der Waals surface area contributed by atoms with Crippen molar-refractivity contribution >= 4 is 33.7 Å². The van der Waals surface area contributed by atoms with Crippen molar-refractivity contribution in [1.29, 1.82) is 0 Å². The second-order valence-electron chi connectivity index (χ2n) is 4.68. The molecule has 0 bridgehead atoms. The molecule has 128 valence electrons. The summed E-state index contributed by atoms with van der Waals surface area (Å²) in [6.07, 6.45) is -3.45. The monoisotopic (exact) mass is 376 g/mol. The molecule has 0 saturated carbocycles. The van der Waals surface area contributed by atoms with E-state index in [1.807, 2.05) is 25.1 Å². The average Bonchev–Trinajstić information content (AvgIpc) is 2.54.